The van der Waals surface area contributed by atoms with E-state index in [4.69, 9.17) is 9.47 Å². The molecule has 3 rings (SSSR count). The number of allylic oxidation sites excluding steroid dienone is 3. The predicted molar refractivity (Wildman–Crippen MR) is 137 cm³/mol. The molecule has 1 saturated heterocycles. The van der Waals surface area contributed by atoms with Crippen LogP contribution in [0.3, 0.4) is 0 Å². The Balaban J connectivity index is 1.59. The lowest BCUT2D eigenvalue weighted by molar-refractivity contribution is -0.148. The molecule has 0 aromatic heterocycles. The third-order valence-electron chi connectivity index (χ3n) is 5.46. The van der Waals surface area contributed by atoms with Crippen molar-refractivity contribution in [3.05, 3.63) is 95.4 Å². The van der Waals surface area contributed by atoms with E-state index in [1.807, 2.05) is 66.9 Å². The lowest BCUT2D eigenvalue weighted by atomic mass is 10.00. The zero-order valence-electron chi connectivity index (χ0n) is 19.6. The van der Waals surface area contributed by atoms with Crippen molar-refractivity contribution in [3.63, 3.8) is 0 Å². The minimum Gasteiger partial charge on any atom is -0.464 e. The number of nitrogens with zero attached hydrogens (tertiary/aromatic N) is 1. The van der Waals surface area contributed by atoms with Crippen molar-refractivity contribution < 1.29 is 19.1 Å². The van der Waals surface area contributed by atoms with Crippen LogP contribution in [0.1, 0.15) is 18.9 Å². The van der Waals surface area contributed by atoms with E-state index in [0.717, 1.165) is 11.1 Å². The van der Waals surface area contributed by atoms with Gasteiger partial charge in [-0.3, -0.25) is 14.5 Å². The molecule has 0 N–H and O–H groups in total. The highest BCUT2D eigenvalue weighted by Gasteiger charge is 2.31. The largest absolute Gasteiger partial charge is 0.464 e. The summed E-state index contributed by atoms with van der Waals surface area (Å²) < 4.78 is 10.5. The summed E-state index contributed by atoms with van der Waals surface area (Å²) in [6, 6.07) is 19.9. The average molecular weight is 478 g/mol. The van der Waals surface area contributed by atoms with Gasteiger partial charge in [-0.1, -0.05) is 91.5 Å². The van der Waals surface area contributed by atoms with Gasteiger partial charge in [0.25, 0.3) is 0 Å². The molecule has 0 bridgehead atoms. The zero-order valence-corrected chi connectivity index (χ0v) is 20.4. The van der Waals surface area contributed by atoms with Crippen LogP contribution in [0, 0.1) is 5.92 Å². The van der Waals surface area contributed by atoms with E-state index >= 15 is 0 Å². The summed E-state index contributed by atoms with van der Waals surface area (Å²) in [6.07, 6.45) is 8.78. The second kappa shape index (κ2) is 13.6. The molecule has 2 unspecified atom stereocenters. The van der Waals surface area contributed by atoms with Gasteiger partial charge in [-0.2, -0.15) is 0 Å². The van der Waals surface area contributed by atoms with E-state index in [1.54, 1.807) is 23.7 Å². The first-order valence-corrected chi connectivity index (χ1v) is 12.2. The number of likely N-dealkylation sites (N-methyl/N-ethyl adjacent to an activating group) is 1. The number of hydrogen-bond acceptors (Lipinski definition) is 6. The Hall–Kier alpha value is -3.09. The van der Waals surface area contributed by atoms with Gasteiger partial charge in [0.1, 0.15) is 6.04 Å². The highest BCUT2D eigenvalue weighted by Crippen LogP contribution is 2.20. The molecule has 0 amide bonds. The molecule has 0 aliphatic carbocycles. The van der Waals surface area contributed by atoms with Gasteiger partial charge in [-0.15, -0.1) is 0 Å². The maximum Gasteiger partial charge on any atom is 0.323 e. The Kier molecular flexibility index (Phi) is 10.2. The molecule has 0 saturated carbocycles. The van der Waals surface area contributed by atoms with Crippen molar-refractivity contribution in [2.75, 3.05) is 26.8 Å². The third-order valence-corrected chi connectivity index (χ3v) is 6.30. The standard InChI is InChI=1S/C28H31NO4S/c1-22(21-33-27(30)20-29(2)26-17-18-32-28(26)31)24(16-15-23-10-5-3-6-11-23)12-9-19-34-25-13-7-4-8-14-25/h3-16,19,22,26H,17-18,20-21H2,1-2H3/b16-15-,19-9+,24-12+. The minimum atomic E-state index is -0.374. The van der Waals surface area contributed by atoms with Crippen LogP contribution < -0.4 is 0 Å². The second-order valence-electron chi connectivity index (χ2n) is 8.14. The number of thioether (sulfide) groups is 1. The molecule has 34 heavy (non-hydrogen) atoms. The Morgan fingerprint density at radius 2 is 1.88 bits per heavy atom. The third kappa shape index (κ3) is 8.36. The molecule has 2 atom stereocenters. The molecule has 5 nitrogen and oxygen atoms in total. The van der Waals surface area contributed by atoms with E-state index in [2.05, 4.69) is 30.4 Å². The van der Waals surface area contributed by atoms with Gasteiger partial charge in [0, 0.05) is 17.2 Å². The summed E-state index contributed by atoms with van der Waals surface area (Å²) in [5.74, 6) is -0.632. The number of ether oxygens (including phenoxy) is 2. The van der Waals surface area contributed by atoms with Crippen LogP contribution >= 0.6 is 11.8 Å². The van der Waals surface area contributed by atoms with Crippen LogP contribution in [0.5, 0.6) is 0 Å². The smallest absolute Gasteiger partial charge is 0.323 e. The van der Waals surface area contributed by atoms with Crippen LogP contribution in [-0.4, -0.2) is 49.7 Å². The molecule has 1 aliphatic rings. The number of esters is 2. The summed E-state index contributed by atoms with van der Waals surface area (Å²) >= 11 is 1.65. The van der Waals surface area contributed by atoms with Crippen LogP contribution in [0.25, 0.3) is 6.08 Å². The minimum absolute atomic E-state index is 0.00274. The molecule has 178 valence electrons. The number of cyclic esters (lactones) is 1. The molecule has 0 radical (unpaired) electrons. The summed E-state index contributed by atoms with van der Waals surface area (Å²) in [5.41, 5.74) is 2.15. The molecular weight excluding hydrogens is 446 g/mol. The Bertz CT molecular complexity index is 1020. The fraction of sp³-hybridized carbons (Fsp3) is 0.286. The molecule has 0 spiro atoms. The van der Waals surface area contributed by atoms with Gasteiger partial charge < -0.3 is 9.47 Å². The number of hydrogen-bond donors (Lipinski definition) is 0. The van der Waals surface area contributed by atoms with Gasteiger partial charge in [-0.25, -0.2) is 0 Å². The lowest BCUT2D eigenvalue weighted by Gasteiger charge is -2.20. The maximum atomic E-state index is 12.4. The van der Waals surface area contributed by atoms with E-state index in [0.29, 0.717) is 13.0 Å². The lowest BCUT2D eigenvalue weighted by Crippen LogP contribution is -2.39. The van der Waals surface area contributed by atoms with Gasteiger partial charge >= 0.3 is 11.9 Å². The molecule has 1 heterocycles. The van der Waals surface area contributed by atoms with Crippen molar-refractivity contribution in [1.29, 1.82) is 0 Å². The second-order valence-corrected chi connectivity index (χ2v) is 9.12. The van der Waals surface area contributed by atoms with Crippen molar-refractivity contribution in [3.8, 4) is 0 Å². The van der Waals surface area contributed by atoms with Gasteiger partial charge in [0.15, 0.2) is 0 Å². The van der Waals surface area contributed by atoms with Gasteiger partial charge in [0.05, 0.1) is 19.8 Å². The summed E-state index contributed by atoms with van der Waals surface area (Å²) in [4.78, 5) is 27.0. The Labute approximate surface area is 206 Å². The van der Waals surface area contributed by atoms with E-state index in [-0.39, 0.29) is 37.0 Å². The van der Waals surface area contributed by atoms with E-state index in [1.165, 1.54) is 4.90 Å². The summed E-state index contributed by atoms with van der Waals surface area (Å²) in [6.45, 7) is 2.74. The first-order chi connectivity index (χ1) is 16.5. The first-order valence-electron chi connectivity index (χ1n) is 11.4. The summed E-state index contributed by atoms with van der Waals surface area (Å²) in [7, 11) is 1.74. The Morgan fingerprint density at radius 3 is 2.56 bits per heavy atom. The van der Waals surface area contributed by atoms with Crippen molar-refractivity contribution in [1.82, 2.24) is 4.90 Å². The molecule has 2 aromatic carbocycles. The topological polar surface area (TPSA) is 55.8 Å². The van der Waals surface area contributed by atoms with E-state index < -0.39 is 0 Å². The van der Waals surface area contributed by atoms with E-state index in [9.17, 15) is 9.59 Å². The highest BCUT2D eigenvalue weighted by molar-refractivity contribution is 8.02. The van der Waals surface area contributed by atoms with Crippen LogP contribution in [-0.2, 0) is 19.1 Å². The maximum absolute atomic E-state index is 12.4. The SMILES string of the molecule is CC(COC(=O)CN(C)C1CCOC1=O)C(/C=C\c1ccccc1)=C/C=C/Sc1ccccc1. The highest BCUT2D eigenvalue weighted by atomic mass is 32.2. The number of carbonyl (C=O) groups is 2. The van der Waals surface area contributed by atoms with Crippen LogP contribution in [0.2, 0.25) is 0 Å². The van der Waals surface area contributed by atoms with Crippen LogP contribution in [0.15, 0.2) is 94.8 Å². The fourth-order valence-corrected chi connectivity index (χ4v) is 4.10. The predicted octanol–water partition coefficient (Wildman–Crippen LogP) is 5.36. The van der Waals surface area contributed by atoms with Crippen molar-refractivity contribution in [2.45, 2.75) is 24.3 Å². The molecule has 1 fully saturated rings. The quantitative estimate of drug-likeness (QED) is 0.247. The van der Waals surface area contributed by atoms with Gasteiger partial charge in [-0.05, 0) is 35.7 Å². The number of rotatable bonds is 11. The molecule has 2 aromatic rings. The normalized spacial score (nSPS) is 17.4. The zero-order chi connectivity index (χ0) is 24.2. The fourth-order valence-electron chi connectivity index (χ4n) is 3.47. The molecular formula is C28H31NO4S. The van der Waals surface area contributed by atoms with Crippen LogP contribution in [0.4, 0.5) is 0 Å². The number of carbonyl (C=O) groups excluding carboxylic acids is 2. The number of benzene rings is 2. The van der Waals surface area contributed by atoms with Crippen molar-refractivity contribution in [2.24, 2.45) is 5.92 Å². The molecule has 6 heteroatoms. The summed E-state index contributed by atoms with van der Waals surface area (Å²) in [5, 5.41) is 2.04. The average Bonchev–Trinajstić information content (AvgIpc) is 3.29. The monoisotopic (exact) mass is 477 g/mol. The van der Waals surface area contributed by atoms with Crippen molar-refractivity contribution >= 4 is 29.8 Å². The Morgan fingerprint density at radius 1 is 1.18 bits per heavy atom. The first kappa shape index (κ1) is 25.5. The molecule has 1 aliphatic heterocycles. The van der Waals surface area contributed by atoms with Gasteiger partial charge in [0.2, 0.25) is 0 Å².